The highest BCUT2D eigenvalue weighted by molar-refractivity contribution is 5.96. The molecule has 2 aromatic rings. The molecule has 0 radical (unpaired) electrons. The Morgan fingerprint density at radius 2 is 1.83 bits per heavy atom. The number of aryl methyl sites for hydroxylation is 2. The molecule has 7 nitrogen and oxygen atoms in total. The summed E-state index contributed by atoms with van der Waals surface area (Å²) in [5, 5.41) is 0. The minimum atomic E-state index is 0.0613. The normalized spacial score (nSPS) is 20.6. The maximum Gasteiger partial charge on any atom is 0.254 e. The van der Waals surface area contributed by atoms with Gasteiger partial charge in [0, 0.05) is 37.5 Å². The Labute approximate surface area is 170 Å². The predicted molar refractivity (Wildman–Crippen MR) is 108 cm³/mol. The van der Waals surface area contributed by atoms with Crippen molar-refractivity contribution in [3.63, 3.8) is 0 Å². The number of aromatic nitrogens is 2. The molecular formula is C22H26N4O3. The van der Waals surface area contributed by atoms with Gasteiger partial charge in [0.05, 0.1) is 19.2 Å². The Balaban J connectivity index is 1.41. The number of hydrogen-bond donors (Lipinski definition) is 0. The second kappa shape index (κ2) is 8.19. The van der Waals surface area contributed by atoms with Crippen molar-refractivity contribution in [3.8, 4) is 5.75 Å². The van der Waals surface area contributed by atoms with Crippen LogP contribution in [0.2, 0.25) is 0 Å². The van der Waals surface area contributed by atoms with E-state index in [9.17, 15) is 9.59 Å². The molecule has 0 unspecified atom stereocenters. The Morgan fingerprint density at radius 1 is 1.14 bits per heavy atom. The number of ether oxygens (including phenoxy) is 1. The van der Waals surface area contributed by atoms with Crippen molar-refractivity contribution in [2.24, 2.45) is 0 Å². The number of fused-ring (bicyclic) bond motifs is 2. The number of nitrogens with zero attached hydrogens (tertiary/aromatic N) is 4. The molecule has 0 aliphatic carbocycles. The van der Waals surface area contributed by atoms with Gasteiger partial charge in [0.15, 0.2) is 0 Å². The lowest BCUT2D eigenvalue weighted by Crippen LogP contribution is -2.57. The molecular weight excluding hydrogens is 368 g/mol. The zero-order valence-corrected chi connectivity index (χ0v) is 16.9. The van der Waals surface area contributed by atoms with Crippen LogP contribution in [-0.2, 0) is 11.2 Å². The summed E-state index contributed by atoms with van der Waals surface area (Å²) in [6.07, 6.45) is 7.96. The zero-order valence-electron chi connectivity index (χ0n) is 16.9. The molecule has 7 heteroatoms. The Morgan fingerprint density at radius 3 is 2.45 bits per heavy atom. The summed E-state index contributed by atoms with van der Waals surface area (Å²) in [4.78, 5) is 37.9. The number of amides is 2. The Kier molecular flexibility index (Phi) is 5.47. The van der Waals surface area contributed by atoms with Gasteiger partial charge in [-0.15, -0.1) is 0 Å². The summed E-state index contributed by atoms with van der Waals surface area (Å²) in [6, 6.07) is 5.74. The molecule has 2 atom stereocenters. The second-order valence-electron chi connectivity index (χ2n) is 7.82. The van der Waals surface area contributed by atoms with Gasteiger partial charge in [-0.1, -0.05) is 0 Å². The van der Waals surface area contributed by atoms with Gasteiger partial charge in [-0.05, 0) is 55.5 Å². The fraction of sp³-hybridized carbons (Fsp3) is 0.455. The molecule has 3 heterocycles. The summed E-state index contributed by atoms with van der Waals surface area (Å²) >= 11 is 0. The van der Waals surface area contributed by atoms with Crippen LogP contribution in [0.1, 0.15) is 40.7 Å². The largest absolute Gasteiger partial charge is 0.497 e. The van der Waals surface area contributed by atoms with Gasteiger partial charge in [-0.3, -0.25) is 9.59 Å². The van der Waals surface area contributed by atoms with E-state index in [0.717, 1.165) is 29.7 Å². The third-order valence-corrected chi connectivity index (χ3v) is 5.97. The molecule has 152 valence electrons. The maximum atomic E-state index is 13.2. The smallest absolute Gasteiger partial charge is 0.254 e. The molecule has 0 saturated carbocycles. The highest BCUT2D eigenvalue weighted by Gasteiger charge is 2.44. The van der Waals surface area contributed by atoms with E-state index in [2.05, 4.69) is 9.97 Å². The van der Waals surface area contributed by atoms with Gasteiger partial charge in [0.1, 0.15) is 12.1 Å². The highest BCUT2D eigenvalue weighted by Crippen LogP contribution is 2.33. The van der Waals surface area contributed by atoms with Crippen molar-refractivity contribution in [3.05, 3.63) is 53.6 Å². The molecule has 4 rings (SSSR count). The van der Waals surface area contributed by atoms with Crippen molar-refractivity contribution in [1.82, 2.24) is 19.8 Å². The number of likely N-dealkylation sites (tertiary alicyclic amines) is 1. The minimum Gasteiger partial charge on any atom is -0.497 e. The molecule has 0 spiro atoms. The topological polar surface area (TPSA) is 75.6 Å². The Bertz CT molecular complexity index is 888. The van der Waals surface area contributed by atoms with Gasteiger partial charge in [0.2, 0.25) is 5.91 Å². The van der Waals surface area contributed by atoms with Crippen molar-refractivity contribution >= 4 is 11.8 Å². The zero-order chi connectivity index (χ0) is 20.4. The summed E-state index contributed by atoms with van der Waals surface area (Å²) < 4.78 is 5.25. The molecule has 1 aromatic carbocycles. The molecule has 2 amide bonds. The van der Waals surface area contributed by atoms with E-state index in [1.54, 1.807) is 19.5 Å². The molecule has 2 saturated heterocycles. The first-order valence-electron chi connectivity index (χ1n) is 10.1. The average molecular weight is 394 g/mol. The van der Waals surface area contributed by atoms with Crippen LogP contribution in [0.15, 0.2) is 36.9 Å². The Hall–Kier alpha value is -2.96. The van der Waals surface area contributed by atoms with E-state index in [0.29, 0.717) is 31.5 Å². The first kappa shape index (κ1) is 19.4. The number of benzene rings is 1. The van der Waals surface area contributed by atoms with Crippen molar-refractivity contribution < 1.29 is 14.3 Å². The number of carbonyl (C=O) groups is 2. The third kappa shape index (κ3) is 3.95. The SMILES string of the molecule is COc1ccc(C(=O)N2[C@@H]3CC[C@H]2CN(C(=O)CCc2cncnc2)C3)c(C)c1. The van der Waals surface area contributed by atoms with Crippen LogP contribution >= 0.6 is 0 Å². The van der Waals surface area contributed by atoms with Crippen LogP contribution in [-0.4, -0.2) is 63.9 Å². The lowest BCUT2D eigenvalue weighted by atomic mass is 10.0. The number of hydrogen-bond acceptors (Lipinski definition) is 5. The van der Waals surface area contributed by atoms with E-state index in [1.807, 2.05) is 34.9 Å². The van der Waals surface area contributed by atoms with Crippen molar-refractivity contribution in [2.45, 2.75) is 44.7 Å². The van der Waals surface area contributed by atoms with Crippen LogP contribution in [0.25, 0.3) is 0 Å². The fourth-order valence-electron chi connectivity index (χ4n) is 4.45. The van der Waals surface area contributed by atoms with Crippen LogP contribution in [0.5, 0.6) is 5.75 Å². The summed E-state index contributed by atoms with van der Waals surface area (Å²) in [6.45, 7) is 3.16. The monoisotopic (exact) mass is 394 g/mol. The standard InChI is InChI=1S/C22H26N4O3/c1-15-9-19(29-2)6-7-20(15)22(28)26-17-4-5-18(26)13-25(12-17)21(27)8-3-16-10-23-14-24-11-16/h6-7,9-11,14,17-18H,3-5,8,12-13H2,1-2H3/t17-,18+. The minimum absolute atomic E-state index is 0.0613. The first-order valence-corrected chi connectivity index (χ1v) is 10.1. The van der Waals surface area contributed by atoms with Gasteiger partial charge >= 0.3 is 0 Å². The van der Waals surface area contributed by atoms with E-state index < -0.39 is 0 Å². The molecule has 29 heavy (non-hydrogen) atoms. The van der Waals surface area contributed by atoms with Crippen LogP contribution in [0.4, 0.5) is 0 Å². The second-order valence-corrected chi connectivity index (χ2v) is 7.82. The van der Waals surface area contributed by atoms with Gasteiger partial charge < -0.3 is 14.5 Å². The maximum absolute atomic E-state index is 13.2. The molecule has 0 N–H and O–H groups in total. The van der Waals surface area contributed by atoms with Crippen LogP contribution in [0.3, 0.4) is 0 Å². The van der Waals surface area contributed by atoms with E-state index in [1.165, 1.54) is 6.33 Å². The number of piperazine rings is 1. The fourth-order valence-corrected chi connectivity index (χ4v) is 4.45. The summed E-state index contributed by atoms with van der Waals surface area (Å²) in [5.74, 6) is 0.950. The van der Waals surface area contributed by atoms with Gasteiger partial charge in [-0.2, -0.15) is 0 Å². The third-order valence-electron chi connectivity index (χ3n) is 5.97. The summed E-state index contributed by atoms with van der Waals surface area (Å²) in [7, 11) is 1.62. The average Bonchev–Trinajstić information content (AvgIpc) is 3.01. The van der Waals surface area contributed by atoms with Crippen molar-refractivity contribution in [2.75, 3.05) is 20.2 Å². The summed E-state index contributed by atoms with van der Waals surface area (Å²) in [5.41, 5.74) is 2.59. The highest BCUT2D eigenvalue weighted by atomic mass is 16.5. The van der Waals surface area contributed by atoms with Crippen LogP contribution in [0, 0.1) is 6.92 Å². The lowest BCUT2D eigenvalue weighted by Gasteiger charge is -2.41. The molecule has 1 aromatic heterocycles. The molecule has 2 aliphatic heterocycles. The quantitative estimate of drug-likeness (QED) is 0.777. The van der Waals surface area contributed by atoms with Gasteiger partial charge in [0.25, 0.3) is 5.91 Å². The molecule has 2 fully saturated rings. The number of carbonyl (C=O) groups excluding carboxylic acids is 2. The van der Waals surface area contributed by atoms with E-state index in [-0.39, 0.29) is 23.9 Å². The first-order chi connectivity index (χ1) is 14.1. The molecule has 2 bridgehead atoms. The van der Waals surface area contributed by atoms with Crippen LogP contribution < -0.4 is 4.74 Å². The molecule has 2 aliphatic rings. The number of methoxy groups -OCH3 is 1. The number of rotatable bonds is 5. The lowest BCUT2D eigenvalue weighted by molar-refractivity contribution is -0.134. The van der Waals surface area contributed by atoms with Gasteiger partial charge in [-0.25, -0.2) is 9.97 Å². The predicted octanol–water partition coefficient (Wildman–Crippen LogP) is 2.24. The van der Waals surface area contributed by atoms with E-state index in [4.69, 9.17) is 4.74 Å². The van der Waals surface area contributed by atoms with E-state index >= 15 is 0 Å². The van der Waals surface area contributed by atoms with Crippen molar-refractivity contribution in [1.29, 1.82) is 0 Å².